The molecule has 1 atom stereocenters. The minimum Gasteiger partial charge on any atom is -0.496 e. The van der Waals surface area contributed by atoms with Gasteiger partial charge in [-0.25, -0.2) is 0 Å². The van der Waals surface area contributed by atoms with Gasteiger partial charge in [0.25, 0.3) is 0 Å². The number of benzene rings is 2. The van der Waals surface area contributed by atoms with Crippen LogP contribution in [0, 0.1) is 0 Å². The molecule has 0 bridgehead atoms. The Hall–Kier alpha value is -2.33. The van der Waals surface area contributed by atoms with Crippen LogP contribution in [0.25, 0.3) is 0 Å². The third kappa shape index (κ3) is 5.09. The van der Waals surface area contributed by atoms with Crippen LogP contribution in [-0.2, 0) is 17.8 Å². The number of nitrogens with one attached hydrogen (secondary N) is 1. The molecule has 138 valence electrons. The van der Waals surface area contributed by atoms with Crippen molar-refractivity contribution < 1.29 is 9.53 Å². The first-order valence-corrected chi connectivity index (χ1v) is 9.43. The molecule has 0 radical (unpaired) electrons. The van der Waals surface area contributed by atoms with Crippen LogP contribution < -0.4 is 10.1 Å². The number of carbonyl (C=O) groups is 1. The van der Waals surface area contributed by atoms with Gasteiger partial charge in [0.15, 0.2) is 0 Å². The molecule has 0 aromatic heterocycles. The average molecular weight is 352 g/mol. The van der Waals surface area contributed by atoms with E-state index in [1.54, 1.807) is 7.11 Å². The van der Waals surface area contributed by atoms with Crippen LogP contribution in [0.4, 0.5) is 0 Å². The fourth-order valence-corrected chi connectivity index (χ4v) is 3.63. The topological polar surface area (TPSA) is 41.6 Å². The van der Waals surface area contributed by atoms with Gasteiger partial charge in [-0.3, -0.25) is 9.69 Å². The smallest absolute Gasteiger partial charge is 0.224 e. The zero-order valence-electron chi connectivity index (χ0n) is 15.5. The summed E-state index contributed by atoms with van der Waals surface area (Å²) in [5, 5.41) is 3.13. The maximum absolute atomic E-state index is 12.4. The van der Waals surface area contributed by atoms with Crippen LogP contribution >= 0.6 is 0 Å². The fraction of sp³-hybridized carbons (Fsp3) is 0.409. The lowest BCUT2D eigenvalue weighted by Crippen LogP contribution is -2.46. The Morgan fingerprint density at radius 1 is 1.12 bits per heavy atom. The van der Waals surface area contributed by atoms with Crippen molar-refractivity contribution in [2.75, 3.05) is 20.2 Å². The quantitative estimate of drug-likeness (QED) is 0.830. The van der Waals surface area contributed by atoms with Crippen molar-refractivity contribution in [3.63, 3.8) is 0 Å². The molecule has 4 nitrogen and oxygen atoms in total. The Morgan fingerprint density at radius 3 is 2.69 bits per heavy atom. The molecule has 1 saturated heterocycles. The number of hydrogen-bond acceptors (Lipinski definition) is 3. The van der Waals surface area contributed by atoms with Gasteiger partial charge in [-0.15, -0.1) is 0 Å². The van der Waals surface area contributed by atoms with E-state index in [4.69, 9.17) is 4.74 Å². The molecule has 1 aliphatic rings. The summed E-state index contributed by atoms with van der Waals surface area (Å²) >= 11 is 0. The van der Waals surface area contributed by atoms with Crippen molar-refractivity contribution in [2.24, 2.45) is 0 Å². The fourth-order valence-electron chi connectivity index (χ4n) is 3.63. The second kappa shape index (κ2) is 9.39. The molecule has 0 saturated carbocycles. The van der Waals surface area contributed by atoms with Crippen molar-refractivity contribution in [2.45, 2.75) is 38.3 Å². The van der Waals surface area contributed by atoms with Crippen LogP contribution in [0.1, 0.15) is 30.4 Å². The van der Waals surface area contributed by atoms with Crippen molar-refractivity contribution in [1.29, 1.82) is 0 Å². The van der Waals surface area contributed by atoms with E-state index in [2.05, 4.69) is 40.5 Å². The van der Waals surface area contributed by atoms with E-state index in [0.717, 1.165) is 30.8 Å². The highest BCUT2D eigenvalue weighted by Crippen LogP contribution is 2.20. The summed E-state index contributed by atoms with van der Waals surface area (Å²) in [5.74, 6) is 0.825. The molecule has 2 aromatic rings. The van der Waals surface area contributed by atoms with E-state index in [1.807, 2.05) is 24.3 Å². The van der Waals surface area contributed by atoms with E-state index in [1.165, 1.54) is 18.4 Å². The number of likely N-dealkylation sites (tertiary alicyclic amines) is 1. The minimum absolute atomic E-state index is 0.0553. The molecule has 1 unspecified atom stereocenters. The van der Waals surface area contributed by atoms with Gasteiger partial charge in [-0.2, -0.15) is 0 Å². The number of carbonyl (C=O) groups excluding carboxylic acids is 1. The van der Waals surface area contributed by atoms with Crippen molar-refractivity contribution in [3.05, 3.63) is 65.7 Å². The Kier molecular flexibility index (Phi) is 6.67. The van der Waals surface area contributed by atoms with Gasteiger partial charge < -0.3 is 10.1 Å². The van der Waals surface area contributed by atoms with Crippen LogP contribution in [0.3, 0.4) is 0 Å². The second-order valence-electron chi connectivity index (χ2n) is 6.90. The van der Waals surface area contributed by atoms with Crippen LogP contribution in [-0.4, -0.2) is 37.0 Å². The van der Waals surface area contributed by atoms with E-state index < -0.39 is 0 Å². The lowest BCUT2D eigenvalue weighted by molar-refractivity contribution is -0.120. The predicted molar refractivity (Wildman–Crippen MR) is 104 cm³/mol. The van der Waals surface area contributed by atoms with Crippen molar-refractivity contribution in [3.8, 4) is 5.75 Å². The number of amides is 1. The molecule has 2 aromatic carbocycles. The average Bonchev–Trinajstić information content (AvgIpc) is 2.68. The van der Waals surface area contributed by atoms with Gasteiger partial charge in [-0.05, 0) is 31.0 Å². The largest absolute Gasteiger partial charge is 0.496 e. The number of piperidine rings is 1. The summed E-state index contributed by atoms with van der Waals surface area (Å²) in [5.41, 5.74) is 2.26. The van der Waals surface area contributed by atoms with Crippen LogP contribution in [0.2, 0.25) is 0 Å². The minimum atomic E-state index is 0.0553. The Bertz CT molecular complexity index is 702. The van der Waals surface area contributed by atoms with E-state index in [0.29, 0.717) is 19.0 Å². The van der Waals surface area contributed by atoms with Gasteiger partial charge in [0.2, 0.25) is 5.91 Å². The summed E-state index contributed by atoms with van der Waals surface area (Å²) in [7, 11) is 1.64. The first-order chi connectivity index (χ1) is 12.8. The van der Waals surface area contributed by atoms with E-state index in [-0.39, 0.29) is 5.91 Å². The number of para-hydroxylation sites is 1. The third-order valence-corrected chi connectivity index (χ3v) is 5.06. The highest BCUT2D eigenvalue weighted by molar-refractivity contribution is 5.79. The van der Waals surface area contributed by atoms with Crippen molar-refractivity contribution in [1.82, 2.24) is 10.2 Å². The Labute approximate surface area is 156 Å². The number of nitrogens with zero attached hydrogens (tertiary/aromatic N) is 1. The summed E-state index contributed by atoms with van der Waals surface area (Å²) in [6.45, 7) is 2.76. The number of methoxy groups -OCH3 is 1. The maximum atomic E-state index is 12.4. The normalized spacial score (nSPS) is 17.7. The summed E-state index contributed by atoms with van der Waals surface area (Å²) < 4.78 is 5.34. The lowest BCUT2D eigenvalue weighted by atomic mass is 10.0. The molecule has 3 rings (SSSR count). The Balaban J connectivity index is 1.54. The van der Waals surface area contributed by atoms with E-state index >= 15 is 0 Å². The lowest BCUT2D eigenvalue weighted by Gasteiger charge is -2.36. The number of ether oxygens (including phenoxy) is 1. The molecule has 0 spiro atoms. The predicted octanol–water partition coefficient (Wildman–Crippen LogP) is 3.41. The monoisotopic (exact) mass is 352 g/mol. The van der Waals surface area contributed by atoms with Crippen molar-refractivity contribution >= 4 is 5.91 Å². The molecule has 1 fully saturated rings. The van der Waals surface area contributed by atoms with Gasteiger partial charge in [0.1, 0.15) is 5.75 Å². The molecule has 1 N–H and O–H groups in total. The van der Waals surface area contributed by atoms with Gasteiger partial charge in [-0.1, -0.05) is 55.0 Å². The molecular weight excluding hydrogens is 324 g/mol. The molecule has 4 heteroatoms. The number of hydrogen-bond donors (Lipinski definition) is 1. The molecule has 1 amide bonds. The number of rotatable bonds is 7. The van der Waals surface area contributed by atoms with Gasteiger partial charge >= 0.3 is 0 Å². The summed E-state index contributed by atoms with van der Waals surface area (Å²) in [4.78, 5) is 14.9. The molecule has 26 heavy (non-hydrogen) atoms. The standard InChI is InChI=1S/C22H28N2O2/c1-26-21-13-6-5-11-19(21)15-22(25)23-16-20-12-7-8-14-24(20)17-18-9-3-2-4-10-18/h2-6,9-11,13,20H,7-8,12,14-17H2,1H3,(H,23,25). The SMILES string of the molecule is COc1ccccc1CC(=O)NCC1CCCCN1Cc1ccccc1. The zero-order chi connectivity index (χ0) is 18.2. The zero-order valence-corrected chi connectivity index (χ0v) is 15.5. The second-order valence-corrected chi connectivity index (χ2v) is 6.90. The first kappa shape index (κ1) is 18.5. The highest BCUT2D eigenvalue weighted by Gasteiger charge is 2.23. The highest BCUT2D eigenvalue weighted by atomic mass is 16.5. The van der Waals surface area contributed by atoms with Gasteiger partial charge in [0, 0.05) is 24.7 Å². The van der Waals surface area contributed by atoms with E-state index in [9.17, 15) is 4.79 Å². The molecular formula is C22H28N2O2. The molecule has 0 aliphatic carbocycles. The molecule has 1 heterocycles. The van der Waals surface area contributed by atoms with Crippen LogP contribution in [0.5, 0.6) is 5.75 Å². The Morgan fingerprint density at radius 2 is 1.88 bits per heavy atom. The van der Waals surface area contributed by atoms with Gasteiger partial charge in [0.05, 0.1) is 13.5 Å². The first-order valence-electron chi connectivity index (χ1n) is 9.43. The van der Waals surface area contributed by atoms with Crippen LogP contribution in [0.15, 0.2) is 54.6 Å². The maximum Gasteiger partial charge on any atom is 0.224 e. The summed E-state index contributed by atoms with van der Waals surface area (Å²) in [6, 6.07) is 18.7. The molecule has 1 aliphatic heterocycles. The summed E-state index contributed by atoms with van der Waals surface area (Å²) in [6.07, 6.45) is 3.97. The third-order valence-electron chi connectivity index (χ3n) is 5.06.